The van der Waals surface area contributed by atoms with Crippen molar-refractivity contribution in [2.75, 3.05) is 10.6 Å². The Kier molecular flexibility index (Phi) is 11.5. The van der Waals surface area contributed by atoms with E-state index in [4.69, 9.17) is 11.6 Å². The van der Waals surface area contributed by atoms with Crippen molar-refractivity contribution in [1.82, 2.24) is 10.3 Å². The normalized spacial score (nSPS) is 11.7. The van der Waals surface area contributed by atoms with Crippen molar-refractivity contribution in [1.29, 1.82) is 0 Å². The summed E-state index contributed by atoms with van der Waals surface area (Å²) in [5.74, 6) is -1.28. The van der Waals surface area contributed by atoms with Crippen LogP contribution in [0.25, 0.3) is 17.3 Å². The van der Waals surface area contributed by atoms with E-state index in [1.807, 2.05) is 30.3 Å². The second-order valence-electron chi connectivity index (χ2n) is 11.2. The quantitative estimate of drug-likeness (QED) is 0.0490. The summed E-state index contributed by atoms with van der Waals surface area (Å²) in [6.07, 6.45) is 1.56. The van der Waals surface area contributed by atoms with E-state index in [1.165, 1.54) is 35.2 Å². The Balaban J connectivity index is 1.17. The molecule has 13 heteroatoms. The topological polar surface area (TPSA) is 143 Å². The zero-order valence-electron chi connectivity index (χ0n) is 27.1. The number of hydrogen-bond acceptors (Lipinski definition) is 8. The molecule has 0 saturated heterocycles. The number of thioether (sulfide) groups is 1. The molecule has 0 aliphatic heterocycles. The van der Waals surface area contributed by atoms with Gasteiger partial charge in [-0.2, -0.15) is 0 Å². The molecule has 1 heterocycles. The van der Waals surface area contributed by atoms with Crippen LogP contribution in [0.15, 0.2) is 149 Å². The first-order valence-electron chi connectivity index (χ1n) is 15.7. The third-order valence-electron chi connectivity index (χ3n) is 7.50. The maximum Gasteiger partial charge on any atom is 0.272 e. The van der Waals surface area contributed by atoms with Crippen molar-refractivity contribution >= 4 is 75.0 Å². The number of hydrogen-bond donors (Lipinski definition) is 3. The van der Waals surface area contributed by atoms with Gasteiger partial charge in [0.25, 0.3) is 17.5 Å². The van der Waals surface area contributed by atoms with E-state index in [9.17, 15) is 24.5 Å². The minimum atomic E-state index is -0.658. The Morgan fingerprint density at radius 1 is 0.827 bits per heavy atom. The fourth-order valence-corrected chi connectivity index (χ4v) is 6.81. The predicted molar refractivity (Wildman–Crippen MR) is 206 cm³/mol. The third-order valence-corrected chi connectivity index (χ3v) is 9.78. The largest absolute Gasteiger partial charge is 0.321 e. The summed E-state index contributed by atoms with van der Waals surface area (Å²) in [6, 6.07) is 37.9. The highest BCUT2D eigenvalue weighted by atomic mass is 35.5. The highest BCUT2D eigenvalue weighted by molar-refractivity contribution is 8.00. The Morgan fingerprint density at radius 3 is 2.21 bits per heavy atom. The molecule has 1 aromatic heterocycles. The lowest BCUT2D eigenvalue weighted by molar-refractivity contribution is -0.384. The maximum absolute atomic E-state index is 13.7. The molecule has 258 valence electrons. The van der Waals surface area contributed by atoms with E-state index in [-0.39, 0.29) is 17.3 Å². The average Bonchev–Trinajstić information content (AvgIpc) is 3.64. The number of carbonyl (C=O) groups excluding carboxylic acids is 3. The van der Waals surface area contributed by atoms with Gasteiger partial charge in [-0.1, -0.05) is 84.4 Å². The van der Waals surface area contributed by atoms with Crippen LogP contribution in [0.5, 0.6) is 0 Å². The van der Waals surface area contributed by atoms with E-state index < -0.39 is 22.0 Å². The first-order valence-corrected chi connectivity index (χ1v) is 17.8. The zero-order valence-corrected chi connectivity index (χ0v) is 29.5. The third kappa shape index (κ3) is 9.37. The fraction of sp³-hybridized carbons (Fsp3) is 0.0256. The number of nitro groups is 1. The van der Waals surface area contributed by atoms with Crippen molar-refractivity contribution in [2.24, 2.45) is 0 Å². The molecule has 0 radical (unpaired) electrons. The summed E-state index contributed by atoms with van der Waals surface area (Å²) in [5.41, 5.74) is 3.37. The molecule has 1 unspecified atom stereocenters. The number of carbonyl (C=O) groups is 3. The second-order valence-corrected chi connectivity index (χ2v) is 13.6. The highest BCUT2D eigenvalue weighted by Crippen LogP contribution is 2.37. The number of benzene rings is 5. The minimum absolute atomic E-state index is 0.0336. The molecule has 6 aromatic rings. The molecule has 0 aliphatic carbocycles. The van der Waals surface area contributed by atoms with E-state index in [0.29, 0.717) is 38.2 Å². The fourth-order valence-electron chi connectivity index (χ4n) is 4.93. The summed E-state index contributed by atoms with van der Waals surface area (Å²) in [5, 5.41) is 21.7. The summed E-state index contributed by atoms with van der Waals surface area (Å²) in [6.45, 7) is 0. The van der Waals surface area contributed by atoms with Crippen LogP contribution in [0.3, 0.4) is 0 Å². The second kappa shape index (κ2) is 16.8. The predicted octanol–water partition coefficient (Wildman–Crippen LogP) is 9.25. The number of amides is 3. The maximum atomic E-state index is 13.7. The lowest BCUT2D eigenvalue weighted by Crippen LogP contribution is -2.30. The number of thiazole rings is 1. The smallest absolute Gasteiger partial charge is 0.272 e. The lowest BCUT2D eigenvalue weighted by atomic mass is 10.1. The van der Waals surface area contributed by atoms with Gasteiger partial charge in [0.15, 0.2) is 5.13 Å². The van der Waals surface area contributed by atoms with Crippen molar-refractivity contribution in [3.8, 4) is 11.3 Å². The van der Waals surface area contributed by atoms with Crippen LogP contribution in [-0.2, 0) is 9.59 Å². The molecule has 0 bridgehead atoms. The van der Waals surface area contributed by atoms with Crippen molar-refractivity contribution in [3.63, 3.8) is 0 Å². The van der Waals surface area contributed by atoms with Gasteiger partial charge in [0.05, 0.1) is 10.6 Å². The number of nitro benzene ring substituents is 1. The summed E-state index contributed by atoms with van der Waals surface area (Å²) in [7, 11) is 0. The van der Waals surface area contributed by atoms with Gasteiger partial charge in [-0.05, 0) is 65.7 Å². The molecular weight excluding hydrogens is 718 g/mol. The number of rotatable bonds is 12. The summed E-state index contributed by atoms with van der Waals surface area (Å²) in [4.78, 5) is 56.2. The Bertz CT molecular complexity index is 2250. The Hall–Kier alpha value is -6.08. The monoisotopic (exact) mass is 745 g/mol. The van der Waals surface area contributed by atoms with E-state index in [2.05, 4.69) is 20.9 Å². The lowest BCUT2D eigenvalue weighted by Gasteiger charge is -2.17. The van der Waals surface area contributed by atoms with Gasteiger partial charge in [-0.3, -0.25) is 24.5 Å². The number of anilines is 2. The van der Waals surface area contributed by atoms with Gasteiger partial charge < -0.3 is 16.0 Å². The Labute approximate surface area is 311 Å². The molecule has 1 atom stereocenters. The molecule has 3 N–H and O–H groups in total. The van der Waals surface area contributed by atoms with Gasteiger partial charge in [0.1, 0.15) is 10.9 Å². The van der Waals surface area contributed by atoms with Crippen molar-refractivity contribution in [2.45, 2.75) is 10.1 Å². The van der Waals surface area contributed by atoms with Crippen LogP contribution in [-0.4, -0.2) is 27.6 Å². The SMILES string of the molecule is O=C(Nc1ccc(SC(C(=O)Nc2nc(-c3cccc([N+](=O)[O-])c3)cs2)c2ccccc2)cc1)/C(=C/c1ccc(Cl)cc1)NC(=O)c1ccccc1. The summed E-state index contributed by atoms with van der Waals surface area (Å²) < 4.78 is 0. The zero-order chi connectivity index (χ0) is 36.5. The van der Waals surface area contributed by atoms with E-state index >= 15 is 0 Å². The van der Waals surface area contributed by atoms with Gasteiger partial charge in [-0.25, -0.2) is 4.98 Å². The average molecular weight is 746 g/mol. The van der Waals surface area contributed by atoms with Crippen LogP contribution in [0.1, 0.15) is 26.7 Å². The van der Waals surface area contributed by atoms with Gasteiger partial charge >= 0.3 is 0 Å². The highest BCUT2D eigenvalue weighted by Gasteiger charge is 2.24. The van der Waals surface area contributed by atoms with Gasteiger partial charge in [0.2, 0.25) is 5.91 Å². The first kappa shape index (κ1) is 35.7. The van der Waals surface area contributed by atoms with Crippen LogP contribution in [0.4, 0.5) is 16.5 Å². The number of nitrogens with zero attached hydrogens (tertiary/aromatic N) is 2. The van der Waals surface area contributed by atoms with Gasteiger partial charge in [-0.15, -0.1) is 23.1 Å². The molecule has 0 spiro atoms. The molecule has 0 fully saturated rings. The summed E-state index contributed by atoms with van der Waals surface area (Å²) >= 11 is 8.57. The van der Waals surface area contributed by atoms with Crippen LogP contribution >= 0.6 is 34.7 Å². The molecule has 3 amide bonds. The molecular formula is C39H28ClN5O5S2. The van der Waals surface area contributed by atoms with Crippen LogP contribution in [0, 0.1) is 10.1 Å². The molecule has 0 saturated carbocycles. The van der Waals surface area contributed by atoms with Gasteiger partial charge in [0, 0.05) is 44.2 Å². The number of halogens is 1. The van der Waals surface area contributed by atoms with Crippen LogP contribution < -0.4 is 16.0 Å². The molecule has 10 nitrogen and oxygen atoms in total. The minimum Gasteiger partial charge on any atom is -0.321 e. The molecule has 52 heavy (non-hydrogen) atoms. The molecule has 6 rings (SSSR count). The van der Waals surface area contributed by atoms with E-state index in [1.54, 1.807) is 102 Å². The number of non-ortho nitro benzene ring substituents is 1. The molecule has 0 aliphatic rings. The van der Waals surface area contributed by atoms with Crippen molar-refractivity contribution < 1.29 is 19.3 Å². The number of aromatic nitrogens is 1. The van der Waals surface area contributed by atoms with Crippen LogP contribution in [0.2, 0.25) is 5.02 Å². The van der Waals surface area contributed by atoms with E-state index in [0.717, 1.165) is 10.5 Å². The van der Waals surface area contributed by atoms with Crippen molar-refractivity contribution in [3.05, 3.63) is 176 Å². The standard InChI is InChI=1S/C39H28ClN5O5S2/c40-29-16-14-25(15-17-29)22-33(42-36(46)27-10-5-2-6-11-27)37(47)41-30-18-20-32(21-19-30)52-35(26-8-3-1-4-9-26)38(48)44-39-43-34(24-51-39)28-12-7-13-31(23-28)45(49)50/h1-24,35H,(H,41,47)(H,42,46)(H,43,44,48)/b33-22-. The Morgan fingerprint density at radius 2 is 1.52 bits per heavy atom. The number of nitrogens with one attached hydrogen (secondary N) is 3. The molecule has 5 aromatic carbocycles. The first-order chi connectivity index (χ1) is 25.2.